The van der Waals surface area contributed by atoms with Crippen LogP contribution >= 0.6 is 32.5 Å². The zero-order valence-electron chi connectivity index (χ0n) is 12.1. The highest BCUT2D eigenvalue weighted by Crippen LogP contribution is 2.64. The maximum absolute atomic E-state index is 5.05. The first-order valence-corrected chi connectivity index (χ1v) is 11.5. The van der Waals surface area contributed by atoms with Crippen molar-refractivity contribution in [1.82, 2.24) is 4.90 Å². The first kappa shape index (κ1) is 14.9. The average Bonchev–Trinajstić information content (AvgIpc) is 2.49. The largest absolute Gasteiger partial charge is 0.369 e. The van der Waals surface area contributed by atoms with Gasteiger partial charge in [-0.25, -0.2) is 0 Å². The summed E-state index contributed by atoms with van der Waals surface area (Å²) in [4.78, 5) is 6.38. The number of hydrogen-bond acceptors (Lipinski definition) is 4. The van der Waals surface area contributed by atoms with Crippen LogP contribution in [-0.2, 0) is 0 Å². The lowest BCUT2D eigenvalue weighted by Crippen LogP contribution is -2.44. The summed E-state index contributed by atoms with van der Waals surface area (Å²) in [5.41, 5.74) is 1.38. The molecule has 0 bridgehead atoms. The van der Waals surface area contributed by atoms with Crippen molar-refractivity contribution in [2.75, 3.05) is 54.7 Å². The van der Waals surface area contributed by atoms with Gasteiger partial charge >= 0.3 is 0 Å². The van der Waals surface area contributed by atoms with Crippen molar-refractivity contribution in [3.63, 3.8) is 0 Å². The predicted octanol–water partition coefficient (Wildman–Crippen LogP) is 3.54. The monoisotopic (exact) mass is 328 g/mol. The molecule has 1 atom stereocenters. The van der Waals surface area contributed by atoms with E-state index in [1.165, 1.54) is 46.7 Å². The van der Waals surface area contributed by atoms with Gasteiger partial charge in [-0.3, -0.25) is 0 Å². The van der Waals surface area contributed by atoms with Crippen LogP contribution < -0.4 is 4.90 Å². The lowest BCUT2D eigenvalue weighted by atomic mass is 10.2. The van der Waals surface area contributed by atoms with E-state index in [9.17, 15) is 0 Å². The van der Waals surface area contributed by atoms with Gasteiger partial charge in [0.25, 0.3) is 0 Å². The van der Waals surface area contributed by atoms with E-state index in [0.29, 0.717) is 0 Å². The van der Waals surface area contributed by atoms with Gasteiger partial charge in [-0.05, 0) is 54.1 Å². The zero-order valence-corrected chi connectivity index (χ0v) is 14.7. The van der Waals surface area contributed by atoms with E-state index in [4.69, 9.17) is 11.7 Å². The van der Waals surface area contributed by atoms with Gasteiger partial charge < -0.3 is 9.80 Å². The van der Waals surface area contributed by atoms with Crippen molar-refractivity contribution in [2.45, 2.75) is 11.3 Å². The minimum absolute atomic E-state index is 0.845. The quantitative estimate of drug-likeness (QED) is 0.656. The number of hydrogen-bond donors (Lipinski definition) is 1. The predicted molar refractivity (Wildman–Crippen MR) is 97.8 cm³/mol. The fourth-order valence-electron chi connectivity index (χ4n) is 2.82. The molecule has 3 rings (SSSR count). The molecule has 0 N–H and O–H groups in total. The Morgan fingerprint density at radius 2 is 1.80 bits per heavy atom. The first-order valence-electron chi connectivity index (χ1n) is 7.30. The Bertz CT molecular complexity index is 435. The highest BCUT2D eigenvalue weighted by Gasteiger charge is 2.25. The van der Waals surface area contributed by atoms with Crippen LogP contribution in [0.15, 0.2) is 29.2 Å². The minimum Gasteiger partial charge on any atom is -0.369 e. The molecule has 1 unspecified atom stereocenters. The van der Waals surface area contributed by atoms with Crippen LogP contribution in [0.3, 0.4) is 0 Å². The molecule has 0 aliphatic carbocycles. The topological polar surface area (TPSA) is 6.48 Å². The van der Waals surface area contributed by atoms with Crippen molar-refractivity contribution >= 4 is 38.2 Å². The normalized spacial score (nSPS) is 31.8. The highest BCUT2D eigenvalue weighted by molar-refractivity contribution is 8.89. The summed E-state index contributed by atoms with van der Waals surface area (Å²) in [7, 11) is 1.36. The molecule has 0 aromatic heterocycles. The van der Waals surface area contributed by atoms with Gasteiger partial charge in [0.05, 0.1) is 0 Å². The second-order valence-electron chi connectivity index (χ2n) is 5.71. The fraction of sp³-hybridized carbons (Fsp3) is 0.600. The number of anilines is 1. The summed E-state index contributed by atoms with van der Waals surface area (Å²) in [6.07, 6.45) is 1.32. The molecule has 5 heteroatoms. The van der Waals surface area contributed by atoms with Gasteiger partial charge in [0.2, 0.25) is 0 Å². The van der Waals surface area contributed by atoms with Crippen molar-refractivity contribution in [3.05, 3.63) is 24.3 Å². The van der Waals surface area contributed by atoms with Crippen LogP contribution in [0.4, 0.5) is 5.69 Å². The fourth-order valence-corrected chi connectivity index (χ4v) is 8.86. The average molecular weight is 329 g/mol. The summed E-state index contributed by atoms with van der Waals surface area (Å²) in [5.74, 6) is 2.60. The zero-order chi connectivity index (χ0) is 14.0. The van der Waals surface area contributed by atoms with Crippen LogP contribution in [-0.4, -0.2) is 54.7 Å². The third-order valence-corrected chi connectivity index (χ3v) is 11.2. The molecule has 2 fully saturated rings. The number of piperazine rings is 1. The number of benzene rings is 1. The summed E-state index contributed by atoms with van der Waals surface area (Å²) in [6.45, 7) is 4.62. The first-order chi connectivity index (χ1) is 9.67. The summed E-state index contributed by atoms with van der Waals surface area (Å²) in [6, 6.07) is 9.29. The molecule has 0 amide bonds. The molecule has 0 spiro atoms. The van der Waals surface area contributed by atoms with E-state index in [-0.39, 0.29) is 0 Å². The van der Waals surface area contributed by atoms with Gasteiger partial charge in [-0.2, -0.15) is 20.8 Å². The summed E-state index contributed by atoms with van der Waals surface area (Å²) < 4.78 is 0. The van der Waals surface area contributed by atoms with Crippen LogP contribution in [0.25, 0.3) is 0 Å². The SMILES string of the molecule is CN1CCN(c2ccc(S3(S)CCCSC3)cc2)CC1. The Kier molecular flexibility index (Phi) is 4.80. The van der Waals surface area contributed by atoms with Crippen LogP contribution in [0.5, 0.6) is 0 Å². The molecule has 1 aromatic carbocycles. The van der Waals surface area contributed by atoms with E-state index in [1.807, 2.05) is 0 Å². The highest BCUT2D eigenvalue weighted by atomic mass is 33.1. The number of thioether (sulfide) groups is 1. The van der Waals surface area contributed by atoms with Crippen LogP contribution in [0, 0.1) is 0 Å². The molecule has 1 aromatic rings. The molecular weight excluding hydrogens is 304 g/mol. The summed E-state index contributed by atoms with van der Waals surface area (Å²) in [5, 5.41) is 1.23. The van der Waals surface area contributed by atoms with E-state index in [2.05, 4.69) is 52.9 Å². The van der Waals surface area contributed by atoms with Gasteiger partial charge in [0, 0.05) is 37.0 Å². The van der Waals surface area contributed by atoms with E-state index >= 15 is 0 Å². The second kappa shape index (κ2) is 6.42. The van der Waals surface area contributed by atoms with E-state index in [1.54, 1.807) is 0 Å². The maximum atomic E-state index is 5.05. The molecule has 2 aliphatic heterocycles. The Morgan fingerprint density at radius 1 is 1.10 bits per heavy atom. The number of likely N-dealkylation sites (N-methyl/N-ethyl adjacent to an activating group) is 1. The molecule has 112 valence electrons. The Morgan fingerprint density at radius 3 is 2.40 bits per heavy atom. The van der Waals surface area contributed by atoms with Crippen LogP contribution in [0.2, 0.25) is 0 Å². The van der Waals surface area contributed by atoms with Crippen LogP contribution in [0.1, 0.15) is 6.42 Å². The van der Waals surface area contributed by atoms with Crippen molar-refractivity contribution in [2.24, 2.45) is 0 Å². The number of rotatable bonds is 2. The molecule has 2 nitrogen and oxygen atoms in total. The number of nitrogens with zero attached hydrogens (tertiary/aromatic N) is 2. The molecule has 20 heavy (non-hydrogen) atoms. The maximum Gasteiger partial charge on any atom is 0.0367 e. The second-order valence-corrected chi connectivity index (χ2v) is 12.1. The minimum atomic E-state index is -0.845. The third-order valence-electron chi connectivity index (χ3n) is 4.19. The molecule has 2 aliphatic rings. The molecule has 2 heterocycles. The van der Waals surface area contributed by atoms with Crippen molar-refractivity contribution in [3.8, 4) is 0 Å². The lowest BCUT2D eigenvalue weighted by molar-refractivity contribution is 0.313. The van der Waals surface area contributed by atoms with Gasteiger partial charge in [-0.1, -0.05) is 0 Å². The Hall–Kier alpha value is 0.0300. The van der Waals surface area contributed by atoms with Crippen molar-refractivity contribution in [1.29, 1.82) is 0 Å². The van der Waals surface area contributed by atoms with Gasteiger partial charge in [-0.15, -0.1) is 11.7 Å². The third kappa shape index (κ3) is 3.26. The van der Waals surface area contributed by atoms with E-state index in [0.717, 1.165) is 13.1 Å². The lowest BCUT2D eigenvalue weighted by Gasteiger charge is -2.38. The van der Waals surface area contributed by atoms with Gasteiger partial charge in [0.1, 0.15) is 0 Å². The molecule has 2 saturated heterocycles. The standard InChI is InChI=1S/C15H24N2S3/c1-16-7-9-17(10-8-16)14-3-5-15(6-4-14)20(18)12-2-11-19-13-20/h3-6,18H,2,7-13H2,1H3. The molecule has 0 saturated carbocycles. The van der Waals surface area contributed by atoms with Gasteiger partial charge in [0.15, 0.2) is 0 Å². The Balaban J connectivity index is 1.71. The smallest absolute Gasteiger partial charge is 0.0367 e. The number of thiol groups is 1. The molecular formula is C15H24N2S3. The van der Waals surface area contributed by atoms with E-state index < -0.39 is 9.06 Å². The van der Waals surface area contributed by atoms with Crippen molar-refractivity contribution < 1.29 is 0 Å². The Labute approximate surface area is 133 Å². The summed E-state index contributed by atoms with van der Waals surface area (Å²) >= 11 is 7.13. The molecule has 0 radical (unpaired) electrons.